The first-order chi connectivity index (χ1) is 16.3. The van der Waals surface area contributed by atoms with Crippen molar-refractivity contribution in [1.82, 2.24) is 4.98 Å². The van der Waals surface area contributed by atoms with E-state index in [0.29, 0.717) is 12.1 Å². The third-order valence-electron chi connectivity index (χ3n) is 6.66. The van der Waals surface area contributed by atoms with Gasteiger partial charge in [-0.25, -0.2) is 17.8 Å². The summed E-state index contributed by atoms with van der Waals surface area (Å²) in [6, 6.07) is 6.62. The molecule has 2 fully saturated rings. The average Bonchev–Trinajstić information content (AvgIpc) is 3.03. The van der Waals surface area contributed by atoms with Crippen LogP contribution in [0.5, 0.6) is 5.75 Å². The maximum Gasteiger partial charge on any atom is 0.229 e. The molecule has 2 atom stereocenters. The third-order valence-corrected chi connectivity index (χ3v) is 8.10. The monoisotopic (exact) mass is 543 g/mol. The highest BCUT2D eigenvalue weighted by Gasteiger charge is 2.43. The second-order valence-corrected chi connectivity index (χ2v) is 12.3. The van der Waals surface area contributed by atoms with Gasteiger partial charge in [-0.3, -0.25) is 9.52 Å². The number of aromatic nitrogens is 1. The normalized spacial score (nSPS) is 22.2. The van der Waals surface area contributed by atoms with Crippen LogP contribution in [-0.2, 0) is 14.8 Å². The molecule has 2 aliphatic heterocycles. The largest absolute Gasteiger partial charge is 0.478 e. The van der Waals surface area contributed by atoms with E-state index in [1.165, 1.54) is 12.3 Å². The number of Topliss-reactive ketones (excluding diaryl/α,β-unsaturated/α-hetero) is 1. The summed E-state index contributed by atoms with van der Waals surface area (Å²) in [5.74, 6) is 0.490. The summed E-state index contributed by atoms with van der Waals surface area (Å²) in [5, 5.41) is -0.283. The van der Waals surface area contributed by atoms with Gasteiger partial charge in [0.05, 0.1) is 23.2 Å². The van der Waals surface area contributed by atoms with Crippen LogP contribution in [0.2, 0.25) is 10.0 Å². The van der Waals surface area contributed by atoms with Gasteiger partial charge in [-0.1, -0.05) is 23.2 Å². The Labute approximate surface area is 215 Å². The van der Waals surface area contributed by atoms with Crippen LogP contribution in [0.25, 0.3) is 0 Å². The van der Waals surface area contributed by atoms with Gasteiger partial charge in [0.1, 0.15) is 22.4 Å². The first kappa shape index (κ1) is 26.0. The van der Waals surface area contributed by atoms with Crippen molar-refractivity contribution in [2.24, 2.45) is 5.92 Å². The van der Waals surface area contributed by atoms with Crippen molar-refractivity contribution in [3.8, 4) is 5.75 Å². The van der Waals surface area contributed by atoms with Crippen molar-refractivity contribution in [3.63, 3.8) is 0 Å². The van der Waals surface area contributed by atoms with Gasteiger partial charge in [0.15, 0.2) is 11.4 Å². The quantitative estimate of drug-likeness (QED) is 0.444. The van der Waals surface area contributed by atoms with Gasteiger partial charge < -0.3 is 9.64 Å². The number of ether oxygens (including phenoxy) is 1. The van der Waals surface area contributed by atoms with Gasteiger partial charge in [-0.2, -0.15) is 0 Å². The van der Waals surface area contributed by atoms with Gasteiger partial charge in [-0.05, 0) is 69.7 Å². The lowest BCUT2D eigenvalue weighted by Gasteiger charge is -2.40. The third kappa shape index (κ3) is 5.84. The lowest BCUT2D eigenvalue weighted by Crippen LogP contribution is -2.45. The van der Waals surface area contributed by atoms with Crippen LogP contribution in [-0.4, -0.2) is 43.1 Å². The topological polar surface area (TPSA) is 88.6 Å². The highest BCUT2D eigenvalue weighted by atomic mass is 35.5. The molecule has 7 nitrogen and oxygen atoms in total. The summed E-state index contributed by atoms with van der Waals surface area (Å²) in [7, 11) is -3.36. The molecule has 4 rings (SSSR count). The van der Waals surface area contributed by atoms with Crippen LogP contribution >= 0.6 is 23.2 Å². The van der Waals surface area contributed by atoms with E-state index < -0.39 is 21.4 Å². The lowest BCUT2D eigenvalue weighted by molar-refractivity contribution is -0.133. The van der Waals surface area contributed by atoms with Crippen LogP contribution in [0.4, 0.5) is 15.9 Å². The zero-order valence-electron chi connectivity index (χ0n) is 19.7. The summed E-state index contributed by atoms with van der Waals surface area (Å²) < 4.78 is 44.8. The lowest BCUT2D eigenvalue weighted by atomic mass is 9.83. The molecule has 3 heterocycles. The second kappa shape index (κ2) is 9.75. The Morgan fingerprint density at radius 3 is 2.40 bits per heavy atom. The number of carbonyl (C=O) groups excluding carboxylic acids is 1. The van der Waals surface area contributed by atoms with E-state index in [4.69, 9.17) is 27.9 Å². The summed E-state index contributed by atoms with van der Waals surface area (Å²) in [5.41, 5.74) is -0.723. The van der Waals surface area contributed by atoms with Crippen LogP contribution in [0.1, 0.15) is 46.0 Å². The molecule has 35 heavy (non-hydrogen) atoms. The second-order valence-electron chi connectivity index (χ2n) is 9.82. The van der Waals surface area contributed by atoms with Gasteiger partial charge in [0, 0.05) is 18.5 Å². The molecule has 0 spiro atoms. The Hall–Kier alpha value is -2.10. The molecule has 0 amide bonds. The number of fused-ring (bicyclic) bond motifs is 2. The molecule has 190 valence electrons. The Morgan fingerprint density at radius 1 is 1.17 bits per heavy atom. The average molecular weight is 544 g/mol. The number of nitrogens with zero attached hydrogens (tertiary/aromatic N) is 2. The molecule has 2 aromatic rings. The van der Waals surface area contributed by atoms with E-state index in [9.17, 15) is 17.6 Å². The fourth-order valence-electron chi connectivity index (χ4n) is 5.07. The SMILES string of the molecule is CC(C)(Oc1ccc(F)c(Cl)c1Cl)C(=O)CC1CC2CCC(C1)N2c1ccc(NS(C)(=O)=O)cn1. The number of piperidine rings is 1. The molecule has 2 aliphatic rings. The zero-order chi connectivity index (χ0) is 25.5. The Morgan fingerprint density at radius 2 is 1.83 bits per heavy atom. The predicted octanol–water partition coefficient (Wildman–Crippen LogP) is 5.46. The fourth-order valence-corrected chi connectivity index (χ4v) is 5.97. The number of benzene rings is 1. The standard InChI is InChI=1S/C24H28Cl2FN3O4S/c1-24(2,34-19-8-7-18(27)22(25)23(19)26)20(31)12-14-10-16-5-6-17(11-14)30(16)21-9-4-15(13-28-21)29-35(3,32)33/h4,7-9,13-14,16-17,29H,5-6,10-12H2,1-3H3. The maximum absolute atomic E-state index is 13.6. The van der Waals surface area contributed by atoms with E-state index >= 15 is 0 Å². The molecule has 0 aliphatic carbocycles. The van der Waals surface area contributed by atoms with Crippen molar-refractivity contribution >= 4 is 50.5 Å². The molecule has 11 heteroatoms. The molecule has 0 saturated carbocycles. The number of sulfonamides is 1. The molecule has 1 aromatic heterocycles. The van der Waals surface area contributed by atoms with Crippen LogP contribution in [0.3, 0.4) is 0 Å². The van der Waals surface area contributed by atoms with Crippen LogP contribution < -0.4 is 14.4 Å². The summed E-state index contributed by atoms with van der Waals surface area (Å²) >= 11 is 12.0. The van der Waals surface area contributed by atoms with E-state index in [0.717, 1.165) is 43.8 Å². The minimum atomic E-state index is -3.36. The molecular weight excluding hydrogens is 516 g/mol. The molecular formula is C24H28Cl2FN3O4S. The van der Waals surface area contributed by atoms with Gasteiger partial charge >= 0.3 is 0 Å². The fraction of sp³-hybridized carbons (Fsp3) is 0.500. The van der Waals surface area contributed by atoms with E-state index in [2.05, 4.69) is 14.6 Å². The number of anilines is 2. The summed E-state index contributed by atoms with van der Waals surface area (Å²) in [6.07, 6.45) is 6.74. The number of halogens is 3. The van der Waals surface area contributed by atoms with Crippen molar-refractivity contribution in [1.29, 1.82) is 0 Å². The van der Waals surface area contributed by atoms with Crippen molar-refractivity contribution in [3.05, 3.63) is 46.3 Å². The molecule has 2 bridgehead atoms. The Balaban J connectivity index is 1.39. The van der Waals surface area contributed by atoms with E-state index in [1.54, 1.807) is 19.9 Å². The number of ketones is 1. The smallest absolute Gasteiger partial charge is 0.229 e. The molecule has 2 saturated heterocycles. The first-order valence-corrected chi connectivity index (χ1v) is 14.1. The number of hydrogen-bond donors (Lipinski definition) is 1. The highest BCUT2D eigenvalue weighted by molar-refractivity contribution is 7.92. The van der Waals surface area contributed by atoms with Crippen LogP contribution in [0.15, 0.2) is 30.5 Å². The minimum Gasteiger partial charge on any atom is -0.478 e. The van der Waals surface area contributed by atoms with Crippen LogP contribution in [0, 0.1) is 11.7 Å². The molecule has 1 aromatic carbocycles. The predicted molar refractivity (Wildman–Crippen MR) is 135 cm³/mol. The van der Waals surface area contributed by atoms with Gasteiger partial charge in [0.2, 0.25) is 10.0 Å². The number of hydrogen-bond acceptors (Lipinski definition) is 6. The minimum absolute atomic E-state index is 0.0517. The number of nitrogens with one attached hydrogen (secondary N) is 1. The Bertz CT molecular complexity index is 1210. The zero-order valence-corrected chi connectivity index (χ0v) is 22.1. The van der Waals surface area contributed by atoms with Crippen molar-refractivity contribution < 1.29 is 22.3 Å². The van der Waals surface area contributed by atoms with Crippen molar-refractivity contribution in [2.75, 3.05) is 15.9 Å². The number of carbonyl (C=O) groups is 1. The summed E-state index contributed by atoms with van der Waals surface area (Å²) in [6.45, 7) is 3.37. The van der Waals surface area contributed by atoms with Crippen molar-refractivity contribution in [2.45, 2.75) is 63.6 Å². The first-order valence-electron chi connectivity index (χ1n) is 11.4. The highest BCUT2D eigenvalue weighted by Crippen LogP contribution is 2.43. The Kier molecular flexibility index (Phi) is 7.23. The van der Waals surface area contributed by atoms with E-state index in [-0.39, 0.29) is 39.6 Å². The summed E-state index contributed by atoms with van der Waals surface area (Å²) in [4.78, 5) is 20.0. The number of pyridine rings is 1. The van der Waals surface area contributed by atoms with Gasteiger partial charge in [-0.15, -0.1) is 0 Å². The molecule has 1 N–H and O–H groups in total. The molecule has 2 unspecified atom stereocenters. The maximum atomic E-state index is 13.6. The van der Waals surface area contributed by atoms with E-state index in [1.807, 2.05) is 6.07 Å². The molecule has 0 radical (unpaired) electrons. The van der Waals surface area contributed by atoms with Gasteiger partial charge in [0.25, 0.3) is 0 Å². The number of rotatable bonds is 8.